The standard InChI is InChI=1S/C17H19N3O.C4H6.4H2O/c1-21-17-7-11(4-5-19-17)12-6-13(10-18-9-12)15-8-14-2-3-16(15)20-14;1-3-4-2;;;;/h4-7,9-10,14-16,20H,2-3,8H2,1H3;1-2H3;4*1H2. The zero-order valence-corrected chi connectivity index (χ0v) is 17.1. The van der Waals surface area contributed by atoms with Crippen LogP contribution in [0.5, 0.6) is 5.88 Å². The molecule has 4 heterocycles. The van der Waals surface area contributed by atoms with Crippen LogP contribution in [0.2, 0.25) is 0 Å². The smallest absolute Gasteiger partial charge is 0.213 e. The molecule has 0 saturated carbocycles. The Balaban J connectivity index is 0. The molecule has 0 aromatic carbocycles. The van der Waals surface area contributed by atoms with Crippen molar-refractivity contribution < 1.29 is 26.6 Å². The van der Waals surface area contributed by atoms with Crippen LogP contribution in [0.25, 0.3) is 11.1 Å². The van der Waals surface area contributed by atoms with Crippen LogP contribution in [0.15, 0.2) is 36.8 Å². The van der Waals surface area contributed by atoms with Gasteiger partial charge in [-0.25, -0.2) is 4.98 Å². The predicted octanol–water partition coefficient (Wildman–Crippen LogP) is 0.491. The van der Waals surface area contributed by atoms with E-state index < -0.39 is 0 Å². The van der Waals surface area contributed by atoms with Crippen molar-refractivity contribution in [2.75, 3.05) is 7.11 Å². The molecule has 8 heteroatoms. The predicted molar refractivity (Wildman–Crippen MR) is 115 cm³/mol. The van der Waals surface area contributed by atoms with E-state index in [0.29, 0.717) is 23.9 Å². The van der Waals surface area contributed by atoms with Crippen LogP contribution in [0.4, 0.5) is 0 Å². The molecule has 0 amide bonds. The first kappa shape index (κ1) is 28.7. The van der Waals surface area contributed by atoms with Crippen LogP contribution >= 0.6 is 0 Å². The Bertz CT molecular complexity index is 785. The van der Waals surface area contributed by atoms with Crippen molar-refractivity contribution in [2.24, 2.45) is 0 Å². The quantitative estimate of drug-likeness (QED) is 0.729. The molecule has 2 aromatic rings. The molecule has 2 fully saturated rings. The summed E-state index contributed by atoms with van der Waals surface area (Å²) in [6.07, 6.45) is 9.59. The zero-order chi connectivity index (χ0) is 17.6. The van der Waals surface area contributed by atoms with E-state index in [1.54, 1.807) is 13.3 Å². The summed E-state index contributed by atoms with van der Waals surface area (Å²) in [6, 6.07) is 7.58. The largest absolute Gasteiger partial charge is 0.481 e. The van der Waals surface area contributed by atoms with E-state index in [1.165, 1.54) is 24.8 Å². The van der Waals surface area contributed by atoms with Crippen molar-refractivity contribution in [2.45, 2.75) is 51.1 Å². The lowest BCUT2D eigenvalue weighted by Gasteiger charge is -2.20. The molecule has 2 aliphatic rings. The Hall–Kier alpha value is -2.54. The number of nitrogens with zero attached hydrogens (tertiary/aromatic N) is 2. The van der Waals surface area contributed by atoms with Gasteiger partial charge >= 0.3 is 0 Å². The molecule has 3 atom stereocenters. The number of hydrogen-bond donors (Lipinski definition) is 1. The number of ether oxygens (including phenoxy) is 1. The number of nitrogens with one attached hydrogen (secondary N) is 1. The van der Waals surface area contributed by atoms with Crippen LogP contribution in [-0.4, -0.2) is 51.1 Å². The Labute approximate surface area is 172 Å². The maximum atomic E-state index is 5.21. The summed E-state index contributed by atoms with van der Waals surface area (Å²) < 4.78 is 5.21. The average Bonchev–Trinajstić information content (AvgIpc) is 3.32. The maximum absolute atomic E-state index is 5.21. The monoisotopic (exact) mass is 407 g/mol. The highest BCUT2D eigenvalue weighted by Crippen LogP contribution is 2.40. The Morgan fingerprint density at radius 1 is 1.00 bits per heavy atom. The minimum absolute atomic E-state index is 0. The van der Waals surface area contributed by atoms with Gasteiger partial charge in [-0.3, -0.25) is 4.98 Å². The number of aromatic nitrogens is 2. The van der Waals surface area contributed by atoms with Crippen LogP contribution in [0.3, 0.4) is 0 Å². The van der Waals surface area contributed by atoms with Gasteiger partial charge in [-0.15, -0.1) is 11.8 Å². The second-order valence-electron chi connectivity index (χ2n) is 6.48. The minimum Gasteiger partial charge on any atom is -0.481 e. The number of fused-ring (bicyclic) bond motifs is 2. The highest BCUT2D eigenvalue weighted by Gasteiger charge is 2.39. The average molecular weight is 408 g/mol. The molecule has 2 bridgehead atoms. The molecule has 4 rings (SSSR count). The van der Waals surface area contributed by atoms with Gasteiger partial charge in [0.2, 0.25) is 5.88 Å². The molecule has 0 radical (unpaired) electrons. The summed E-state index contributed by atoms with van der Waals surface area (Å²) in [5.74, 6) is 6.61. The van der Waals surface area contributed by atoms with Crippen molar-refractivity contribution in [3.05, 3.63) is 42.4 Å². The summed E-state index contributed by atoms with van der Waals surface area (Å²) in [5.41, 5.74) is 3.59. The molecule has 2 aliphatic heterocycles. The Morgan fingerprint density at radius 3 is 2.28 bits per heavy atom. The highest BCUT2D eigenvalue weighted by molar-refractivity contribution is 5.64. The molecule has 9 N–H and O–H groups in total. The molecule has 8 nitrogen and oxygen atoms in total. The van der Waals surface area contributed by atoms with Crippen LogP contribution in [0, 0.1) is 11.8 Å². The van der Waals surface area contributed by atoms with Gasteiger partial charge in [-0.2, -0.15) is 0 Å². The molecule has 2 saturated heterocycles. The topological polar surface area (TPSA) is 173 Å². The van der Waals surface area contributed by atoms with E-state index in [1.807, 2.05) is 38.4 Å². The zero-order valence-electron chi connectivity index (χ0n) is 17.1. The van der Waals surface area contributed by atoms with Gasteiger partial charge in [-0.1, -0.05) is 0 Å². The minimum atomic E-state index is 0. The third-order valence-electron chi connectivity index (χ3n) is 5.01. The van der Waals surface area contributed by atoms with Gasteiger partial charge in [0.15, 0.2) is 0 Å². The van der Waals surface area contributed by atoms with E-state index in [9.17, 15) is 0 Å². The van der Waals surface area contributed by atoms with Gasteiger partial charge in [0, 0.05) is 48.2 Å². The van der Waals surface area contributed by atoms with Gasteiger partial charge in [0.05, 0.1) is 7.11 Å². The second-order valence-corrected chi connectivity index (χ2v) is 6.48. The first-order valence-electron chi connectivity index (χ1n) is 8.80. The molecule has 0 spiro atoms. The number of pyridine rings is 2. The molecular weight excluding hydrogens is 374 g/mol. The van der Waals surface area contributed by atoms with Gasteiger partial charge < -0.3 is 32.0 Å². The van der Waals surface area contributed by atoms with Crippen molar-refractivity contribution in [1.82, 2.24) is 15.3 Å². The normalized spacial score (nSPS) is 20.0. The van der Waals surface area contributed by atoms with Crippen LogP contribution in [-0.2, 0) is 0 Å². The van der Waals surface area contributed by atoms with Crippen LogP contribution < -0.4 is 10.1 Å². The fourth-order valence-corrected chi connectivity index (χ4v) is 3.71. The van der Waals surface area contributed by atoms with Crippen molar-refractivity contribution >= 4 is 0 Å². The number of methoxy groups -OCH3 is 1. The van der Waals surface area contributed by atoms with Gasteiger partial charge in [-0.05, 0) is 56.4 Å². The third kappa shape index (κ3) is 6.78. The summed E-state index contributed by atoms with van der Waals surface area (Å²) in [6.45, 7) is 3.64. The molecular formula is C21H33N3O5. The lowest BCUT2D eigenvalue weighted by atomic mass is 9.84. The lowest BCUT2D eigenvalue weighted by Crippen LogP contribution is -2.21. The van der Waals surface area contributed by atoms with Crippen molar-refractivity contribution in [3.63, 3.8) is 0 Å². The van der Waals surface area contributed by atoms with E-state index in [0.717, 1.165) is 11.1 Å². The first-order chi connectivity index (χ1) is 12.2. The SMILES string of the molecule is CC#CC.COc1cc(-c2cncc(C3CC4CCC3N4)c2)ccn1.O.O.O.O. The summed E-state index contributed by atoms with van der Waals surface area (Å²) in [5, 5.41) is 3.70. The molecule has 2 aromatic heterocycles. The Morgan fingerprint density at radius 2 is 1.72 bits per heavy atom. The van der Waals surface area contributed by atoms with Gasteiger partial charge in [0.1, 0.15) is 0 Å². The van der Waals surface area contributed by atoms with Crippen molar-refractivity contribution in [1.29, 1.82) is 0 Å². The summed E-state index contributed by atoms with van der Waals surface area (Å²) in [7, 11) is 1.64. The summed E-state index contributed by atoms with van der Waals surface area (Å²) in [4.78, 5) is 8.62. The van der Waals surface area contributed by atoms with E-state index >= 15 is 0 Å². The fraction of sp³-hybridized carbons (Fsp3) is 0.429. The molecule has 3 unspecified atom stereocenters. The van der Waals surface area contributed by atoms with Crippen LogP contribution in [0.1, 0.15) is 44.6 Å². The third-order valence-corrected chi connectivity index (χ3v) is 5.01. The summed E-state index contributed by atoms with van der Waals surface area (Å²) >= 11 is 0. The van der Waals surface area contributed by atoms with E-state index in [2.05, 4.69) is 33.2 Å². The number of rotatable bonds is 3. The second kappa shape index (κ2) is 13.6. The number of hydrogen-bond acceptors (Lipinski definition) is 4. The Kier molecular flexibility index (Phi) is 13.4. The maximum Gasteiger partial charge on any atom is 0.213 e. The van der Waals surface area contributed by atoms with E-state index in [4.69, 9.17) is 4.74 Å². The lowest BCUT2D eigenvalue weighted by molar-refractivity contribution is 0.398. The molecule has 162 valence electrons. The first-order valence-corrected chi connectivity index (χ1v) is 8.80. The van der Waals surface area contributed by atoms with E-state index in [-0.39, 0.29) is 21.9 Å². The molecule has 0 aliphatic carbocycles. The molecule has 29 heavy (non-hydrogen) atoms. The highest BCUT2D eigenvalue weighted by atomic mass is 16.5. The fourth-order valence-electron chi connectivity index (χ4n) is 3.71. The van der Waals surface area contributed by atoms with Crippen molar-refractivity contribution in [3.8, 4) is 28.8 Å². The van der Waals surface area contributed by atoms with Gasteiger partial charge in [0.25, 0.3) is 0 Å².